The Bertz CT molecular complexity index is 1090. The van der Waals surface area contributed by atoms with Crippen LogP contribution in [0.4, 0.5) is 5.13 Å². The number of aromatic nitrogens is 4. The van der Waals surface area contributed by atoms with Crippen LogP contribution in [0.5, 0.6) is 0 Å². The van der Waals surface area contributed by atoms with Crippen molar-refractivity contribution in [3.05, 3.63) is 66.2 Å². The van der Waals surface area contributed by atoms with E-state index in [1.165, 1.54) is 16.9 Å². The monoisotopic (exact) mass is 377 g/mol. The number of nitrogens with one attached hydrogen (secondary N) is 1. The van der Waals surface area contributed by atoms with E-state index in [-0.39, 0.29) is 11.3 Å². The standard InChI is InChI=1S/C20H19N5OS/c1-20(2,3)14-6-4-13(5-7-14)17(26)24-19-22-15-8-9-16(23-18(15)27-19)25-11-10-21-12-25/h4-12H,1-3H3,(H,22,24,26). The predicted molar refractivity (Wildman–Crippen MR) is 108 cm³/mol. The average Bonchev–Trinajstić information content (AvgIpc) is 3.29. The third-order valence-electron chi connectivity index (χ3n) is 4.24. The Balaban J connectivity index is 1.55. The minimum atomic E-state index is -0.177. The number of amides is 1. The van der Waals surface area contributed by atoms with E-state index in [9.17, 15) is 4.79 Å². The first-order valence-electron chi connectivity index (χ1n) is 8.58. The zero-order valence-corrected chi connectivity index (χ0v) is 16.1. The van der Waals surface area contributed by atoms with Crippen molar-refractivity contribution in [3.8, 4) is 5.82 Å². The molecule has 0 fully saturated rings. The molecular weight excluding hydrogens is 358 g/mol. The van der Waals surface area contributed by atoms with E-state index in [4.69, 9.17) is 0 Å². The molecule has 4 rings (SSSR count). The SMILES string of the molecule is CC(C)(C)c1ccc(C(=O)Nc2nc3ccc(-n4ccnc4)nc3s2)cc1. The van der Waals surface area contributed by atoms with E-state index >= 15 is 0 Å². The van der Waals surface area contributed by atoms with Crippen LogP contribution >= 0.6 is 11.3 Å². The Kier molecular flexibility index (Phi) is 4.24. The molecule has 3 heterocycles. The summed E-state index contributed by atoms with van der Waals surface area (Å²) in [5.41, 5.74) is 2.60. The molecule has 0 bridgehead atoms. The van der Waals surface area contributed by atoms with Crippen molar-refractivity contribution in [1.29, 1.82) is 0 Å². The maximum atomic E-state index is 12.5. The Hall–Kier alpha value is -3.06. The molecule has 0 unspecified atom stereocenters. The molecule has 0 aliphatic heterocycles. The lowest BCUT2D eigenvalue weighted by Crippen LogP contribution is -2.14. The molecule has 6 nitrogen and oxygen atoms in total. The number of carbonyl (C=O) groups excluding carboxylic acids is 1. The van der Waals surface area contributed by atoms with E-state index in [2.05, 4.69) is 41.0 Å². The number of imidazole rings is 1. The fraction of sp³-hybridized carbons (Fsp3) is 0.200. The smallest absolute Gasteiger partial charge is 0.257 e. The van der Waals surface area contributed by atoms with Crippen LogP contribution in [0.2, 0.25) is 0 Å². The number of thiazole rings is 1. The lowest BCUT2D eigenvalue weighted by Gasteiger charge is -2.18. The summed E-state index contributed by atoms with van der Waals surface area (Å²) in [7, 11) is 0. The number of hydrogen-bond acceptors (Lipinski definition) is 5. The van der Waals surface area contributed by atoms with Crippen molar-refractivity contribution in [1.82, 2.24) is 19.5 Å². The van der Waals surface area contributed by atoms with Gasteiger partial charge in [0.25, 0.3) is 5.91 Å². The maximum absolute atomic E-state index is 12.5. The summed E-state index contributed by atoms with van der Waals surface area (Å²) >= 11 is 1.35. The van der Waals surface area contributed by atoms with Gasteiger partial charge in [0, 0.05) is 18.0 Å². The highest BCUT2D eigenvalue weighted by atomic mass is 32.1. The molecule has 0 atom stereocenters. The van der Waals surface area contributed by atoms with Crippen LogP contribution in [0.25, 0.3) is 16.2 Å². The normalized spacial score (nSPS) is 11.7. The third-order valence-corrected chi connectivity index (χ3v) is 5.12. The largest absolute Gasteiger partial charge is 0.298 e. The second kappa shape index (κ2) is 6.59. The molecule has 4 aromatic rings. The van der Waals surface area contributed by atoms with E-state index < -0.39 is 0 Å². The number of benzene rings is 1. The fourth-order valence-corrected chi connectivity index (χ4v) is 3.52. The molecule has 7 heteroatoms. The first kappa shape index (κ1) is 17.4. The first-order chi connectivity index (χ1) is 12.9. The quantitative estimate of drug-likeness (QED) is 0.573. The highest BCUT2D eigenvalue weighted by Crippen LogP contribution is 2.26. The van der Waals surface area contributed by atoms with Gasteiger partial charge in [-0.1, -0.05) is 44.2 Å². The number of fused-ring (bicyclic) bond motifs is 1. The lowest BCUT2D eigenvalue weighted by molar-refractivity contribution is 0.102. The average molecular weight is 377 g/mol. The van der Waals surface area contributed by atoms with E-state index in [1.807, 2.05) is 47.2 Å². The van der Waals surface area contributed by atoms with Crippen LogP contribution in [0.1, 0.15) is 36.7 Å². The van der Waals surface area contributed by atoms with Crippen LogP contribution in [0, 0.1) is 0 Å². The molecule has 0 spiro atoms. The Labute approximate surface area is 160 Å². The van der Waals surface area contributed by atoms with Crippen LogP contribution in [-0.4, -0.2) is 25.4 Å². The van der Waals surface area contributed by atoms with E-state index in [0.29, 0.717) is 10.7 Å². The Morgan fingerprint density at radius 1 is 1.07 bits per heavy atom. The topological polar surface area (TPSA) is 72.7 Å². The van der Waals surface area contributed by atoms with Crippen LogP contribution in [0.15, 0.2) is 55.1 Å². The summed E-state index contributed by atoms with van der Waals surface area (Å²) in [6, 6.07) is 11.4. The number of nitrogens with zero attached hydrogens (tertiary/aromatic N) is 4. The van der Waals surface area contributed by atoms with Gasteiger partial charge in [-0.25, -0.2) is 15.0 Å². The van der Waals surface area contributed by atoms with Crippen molar-refractivity contribution < 1.29 is 4.79 Å². The summed E-state index contributed by atoms with van der Waals surface area (Å²) in [6.07, 6.45) is 5.23. The van der Waals surface area contributed by atoms with Gasteiger partial charge < -0.3 is 0 Å². The highest BCUT2D eigenvalue weighted by Gasteiger charge is 2.15. The van der Waals surface area contributed by atoms with Gasteiger partial charge in [0.05, 0.1) is 0 Å². The summed E-state index contributed by atoms with van der Waals surface area (Å²) in [5.74, 6) is 0.587. The van der Waals surface area contributed by atoms with Gasteiger partial charge in [0.15, 0.2) is 5.13 Å². The summed E-state index contributed by atoms with van der Waals surface area (Å²) in [6.45, 7) is 6.44. The molecule has 1 amide bonds. The Morgan fingerprint density at radius 3 is 2.52 bits per heavy atom. The third kappa shape index (κ3) is 3.59. The van der Waals surface area contributed by atoms with Gasteiger partial charge in [0.1, 0.15) is 22.5 Å². The van der Waals surface area contributed by atoms with E-state index in [0.717, 1.165) is 16.2 Å². The number of hydrogen-bond donors (Lipinski definition) is 1. The second-order valence-electron chi connectivity index (χ2n) is 7.26. The highest BCUT2D eigenvalue weighted by molar-refractivity contribution is 7.22. The molecule has 3 aromatic heterocycles. The van der Waals surface area contributed by atoms with Crippen molar-refractivity contribution in [2.24, 2.45) is 0 Å². The molecule has 0 aliphatic carbocycles. The van der Waals surface area contributed by atoms with Crippen molar-refractivity contribution in [2.75, 3.05) is 5.32 Å². The van der Waals surface area contributed by atoms with Gasteiger partial charge in [-0.15, -0.1) is 0 Å². The van der Waals surface area contributed by atoms with Crippen LogP contribution < -0.4 is 5.32 Å². The van der Waals surface area contributed by atoms with Crippen molar-refractivity contribution >= 4 is 32.7 Å². The molecule has 0 saturated carbocycles. The van der Waals surface area contributed by atoms with Gasteiger partial charge in [0.2, 0.25) is 0 Å². The van der Waals surface area contributed by atoms with E-state index in [1.54, 1.807) is 12.5 Å². The minimum Gasteiger partial charge on any atom is -0.298 e. The predicted octanol–water partition coefficient (Wildman–Crippen LogP) is 4.43. The zero-order valence-electron chi connectivity index (χ0n) is 15.3. The first-order valence-corrected chi connectivity index (χ1v) is 9.40. The van der Waals surface area contributed by atoms with Gasteiger partial charge in [-0.2, -0.15) is 0 Å². The zero-order chi connectivity index (χ0) is 19.0. The van der Waals surface area contributed by atoms with Gasteiger partial charge >= 0.3 is 0 Å². The van der Waals surface area contributed by atoms with Gasteiger partial charge in [-0.05, 0) is 35.2 Å². The lowest BCUT2D eigenvalue weighted by atomic mass is 9.87. The van der Waals surface area contributed by atoms with Crippen molar-refractivity contribution in [3.63, 3.8) is 0 Å². The molecule has 27 heavy (non-hydrogen) atoms. The van der Waals surface area contributed by atoms with Crippen LogP contribution in [-0.2, 0) is 5.41 Å². The number of rotatable bonds is 3. The Morgan fingerprint density at radius 2 is 1.85 bits per heavy atom. The molecular formula is C20H19N5OS. The molecule has 1 aromatic carbocycles. The molecule has 1 N–H and O–H groups in total. The summed E-state index contributed by atoms with van der Waals surface area (Å²) in [5, 5.41) is 3.40. The number of carbonyl (C=O) groups is 1. The fourth-order valence-electron chi connectivity index (χ4n) is 2.69. The molecule has 136 valence electrons. The van der Waals surface area contributed by atoms with Crippen LogP contribution in [0.3, 0.4) is 0 Å². The molecule has 0 radical (unpaired) electrons. The van der Waals surface area contributed by atoms with Gasteiger partial charge in [-0.3, -0.25) is 14.7 Å². The number of pyridine rings is 1. The summed E-state index contributed by atoms with van der Waals surface area (Å²) < 4.78 is 1.83. The second-order valence-corrected chi connectivity index (χ2v) is 8.24. The molecule has 0 saturated heterocycles. The maximum Gasteiger partial charge on any atom is 0.257 e. The number of anilines is 1. The van der Waals surface area contributed by atoms with Crippen molar-refractivity contribution in [2.45, 2.75) is 26.2 Å². The minimum absolute atomic E-state index is 0.0562. The summed E-state index contributed by atoms with van der Waals surface area (Å²) in [4.78, 5) is 26.4. The molecule has 0 aliphatic rings.